The number of rotatable bonds is 1. The first-order valence-electron chi connectivity index (χ1n) is 2.76. The van der Waals surface area contributed by atoms with Gasteiger partial charge in [-0.3, -0.25) is 0 Å². The van der Waals surface area contributed by atoms with Crippen molar-refractivity contribution >= 4 is 35.8 Å². The first kappa shape index (κ1) is 8.25. The maximum absolute atomic E-state index is 5.69. The van der Waals surface area contributed by atoms with E-state index >= 15 is 0 Å². The molecule has 0 unspecified atom stereocenters. The summed E-state index contributed by atoms with van der Waals surface area (Å²) in [6.45, 7) is 0. The average Bonchev–Trinajstić information content (AvgIpc) is 1.88. The van der Waals surface area contributed by atoms with E-state index in [2.05, 4.69) is 12.6 Å². The maximum atomic E-state index is 5.69. The Morgan fingerprint density at radius 1 is 1.10 bits per heavy atom. The highest BCUT2D eigenvalue weighted by molar-refractivity contribution is 7.84. The molecule has 3 heteroatoms. The topological polar surface area (TPSA) is 0 Å². The fourth-order valence-electron chi connectivity index (χ4n) is 0.639. The largest absolute Gasteiger partial charge is 0.185 e. The highest BCUT2D eigenvalue weighted by Crippen LogP contribution is 2.36. The number of alkyl halides is 2. The van der Waals surface area contributed by atoms with E-state index < -0.39 is 3.67 Å². The molecule has 0 aliphatic rings. The standard InChI is InChI=1S/C7H6Cl2S/c8-7(9,10)6-4-2-1-3-5-6/h1-5,10H. The summed E-state index contributed by atoms with van der Waals surface area (Å²) < 4.78 is -1.07. The molecular formula is C7H6Cl2S. The third-order valence-electron chi connectivity index (χ3n) is 1.12. The van der Waals surface area contributed by atoms with Crippen LogP contribution in [0.5, 0.6) is 0 Å². The van der Waals surface area contributed by atoms with Crippen LogP contribution >= 0.6 is 35.8 Å². The summed E-state index contributed by atoms with van der Waals surface area (Å²) in [7, 11) is 0. The molecule has 0 saturated heterocycles. The molecule has 0 spiro atoms. The van der Waals surface area contributed by atoms with Crippen LogP contribution < -0.4 is 0 Å². The van der Waals surface area contributed by atoms with E-state index in [0.29, 0.717) is 0 Å². The maximum Gasteiger partial charge on any atom is 0.185 e. The monoisotopic (exact) mass is 192 g/mol. The molecule has 0 aliphatic carbocycles. The molecule has 0 aliphatic heterocycles. The van der Waals surface area contributed by atoms with Gasteiger partial charge in [-0.2, -0.15) is 0 Å². The lowest BCUT2D eigenvalue weighted by atomic mass is 10.2. The lowest BCUT2D eigenvalue weighted by Crippen LogP contribution is -1.98. The average molecular weight is 193 g/mol. The highest BCUT2D eigenvalue weighted by Gasteiger charge is 2.19. The van der Waals surface area contributed by atoms with E-state index in [-0.39, 0.29) is 0 Å². The van der Waals surface area contributed by atoms with Crippen molar-refractivity contribution in [2.45, 2.75) is 3.67 Å². The van der Waals surface area contributed by atoms with Gasteiger partial charge in [-0.05, 0) is 5.56 Å². The Labute approximate surface area is 75.6 Å². The van der Waals surface area contributed by atoms with Crippen LogP contribution in [0, 0.1) is 0 Å². The lowest BCUT2D eigenvalue weighted by Gasteiger charge is -2.11. The van der Waals surface area contributed by atoms with Gasteiger partial charge in [0.15, 0.2) is 3.67 Å². The number of hydrogen-bond acceptors (Lipinski definition) is 1. The van der Waals surface area contributed by atoms with E-state index in [4.69, 9.17) is 23.2 Å². The molecule has 0 nitrogen and oxygen atoms in total. The molecular weight excluding hydrogens is 187 g/mol. The number of benzene rings is 1. The predicted octanol–water partition coefficient (Wildman–Crippen LogP) is 3.20. The summed E-state index contributed by atoms with van der Waals surface area (Å²) in [4.78, 5) is 0. The molecule has 1 aromatic carbocycles. The molecule has 0 heterocycles. The van der Waals surface area contributed by atoms with Crippen LogP contribution in [0.15, 0.2) is 30.3 Å². The first-order valence-corrected chi connectivity index (χ1v) is 3.97. The molecule has 1 rings (SSSR count). The number of thiol groups is 1. The minimum absolute atomic E-state index is 0.793. The Hall–Kier alpha value is 0.150. The molecule has 0 amide bonds. The molecule has 0 aromatic heterocycles. The van der Waals surface area contributed by atoms with Crippen molar-refractivity contribution in [3.8, 4) is 0 Å². The molecule has 1 aromatic rings. The fourth-order valence-corrected chi connectivity index (χ4v) is 1.04. The highest BCUT2D eigenvalue weighted by atomic mass is 35.5. The van der Waals surface area contributed by atoms with Gasteiger partial charge in [-0.25, -0.2) is 0 Å². The predicted molar refractivity (Wildman–Crippen MR) is 48.8 cm³/mol. The van der Waals surface area contributed by atoms with Gasteiger partial charge in [0.1, 0.15) is 0 Å². The molecule has 0 radical (unpaired) electrons. The summed E-state index contributed by atoms with van der Waals surface area (Å²) in [5.41, 5.74) is 0.793. The van der Waals surface area contributed by atoms with Crippen molar-refractivity contribution < 1.29 is 0 Å². The summed E-state index contributed by atoms with van der Waals surface area (Å²) in [5.74, 6) is 0. The van der Waals surface area contributed by atoms with Crippen LogP contribution in [-0.4, -0.2) is 0 Å². The van der Waals surface area contributed by atoms with Gasteiger partial charge in [0, 0.05) is 0 Å². The number of halogens is 2. The normalized spacial score (nSPS) is 11.5. The van der Waals surface area contributed by atoms with Gasteiger partial charge in [-0.15, -0.1) is 12.6 Å². The third-order valence-corrected chi connectivity index (χ3v) is 1.82. The Balaban J connectivity index is 2.97. The molecule has 54 valence electrons. The summed E-state index contributed by atoms with van der Waals surface area (Å²) in [6.07, 6.45) is 0. The Kier molecular flexibility index (Phi) is 2.50. The zero-order valence-corrected chi connectivity index (χ0v) is 7.50. The minimum Gasteiger partial charge on any atom is -0.136 e. The van der Waals surface area contributed by atoms with E-state index in [0.717, 1.165) is 5.56 Å². The molecule has 0 N–H and O–H groups in total. The Morgan fingerprint density at radius 2 is 1.60 bits per heavy atom. The van der Waals surface area contributed by atoms with Gasteiger partial charge in [-0.1, -0.05) is 53.5 Å². The summed E-state index contributed by atoms with van der Waals surface area (Å²) in [6, 6.07) is 9.28. The van der Waals surface area contributed by atoms with E-state index in [1.165, 1.54) is 0 Å². The zero-order valence-electron chi connectivity index (χ0n) is 5.09. The van der Waals surface area contributed by atoms with Crippen LogP contribution in [0.25, 0.3) is 0 Å². The Morgan fingerprint density at radius 3 is 1.90 bits per heavy atom. The second-order valence-electron chi connectivity index (χ2n) is 1.91. The Bertz CT molecular complexity index is 203. The van der Waals surface area contributed by atoms with Crippen molar-refractivity contribution in [3.63, 3.8) is 0 Å². The van der Waals surface area contributed by atoms with Crippen LogP contribution in [0.3, 0.4) is 0 Å². The number of hydrogen-bond donors (Lipinski definition) is 1. The molecule has 0 bridgehead atoms. The SMILES string of the molecule is SC(Cl)(Cl)c1ccccc1. The van der Waals surface area contributed by atoms with Gasteiger partial charge < -0.3 is 0 Å². The fraction of sp³-hybridized carbons (Fsp3) is 0.143. The van der Waals surface area contributed by atoms with Crippen LogP contribution in [0.2, 0.25) is 0 Å². The van der Waals surface area contributed by atoms with Crippen LogP contribution in [-0.2, 0) is 3.67 Å². The van der Waals surface area contributed by atoms with Crippen molar-refractivity contribution in [2.75, 3.05) is 0 Å². The van der Waals surface area contributed by atoms with Crippen LogP contribution in [0.4, 0.5) is 0 Å². The molecule has 0 atom stereocenters. The quantitative estimate of drug-likeness (QED) is 0.513. The third kappa shape index (κ3) is 2.08. The first-order chi connectivity index (χ1) is 4.61. The van der Waals surface area contributed by atoms with Crippen LogP contribution in [0.1, 0.15) is 5.56 Å². The van der Waals surface area contributed by atoms with Gasteiger partial charge in [0.05, 0.1) is 0 Å². The minimum atomic E-state index is -1.07. The second-order valence-corrected chi connectivity index (χ2v) is 4.43. The van der Waals surface area contributed by atoms with Crippen molar-refractivity contribution in [2.24, 2.45) is 0 Å². The van der Waals surface area contributed by atoms with Crippen molar-refractivity contribution in [1.29, 1.82) is 0 Å². The van der Waals surface area contributed by atoms with Gasteiger partial charge in [0.25, 0.3) is 0 Å². The van der Waals surface area contributed by atoms with E-state index in [9.17, 15) is 0 Å². The van der Waals surface area contributed by atoms with E-state index in [1.54, 1.807) is 0 Å². The van der Waals surface area contributed by atoms with E-state index in [1.807, 2.05) is 30.3 Å². The lowest BCUT2D eigenvalue weighted by molar-refractivity contribution is 1.27. The smallest absolute Gasteiger partial charge is 0.136 e. The van der Waals surface area contributed by atoms with Crippen molar-refractivity contribution in [3.05, 3.63) is 35.9 Å². The summed E-state index contributed by atoms with van der Waals surface area (Å²) in [5, 5.41) is 0. The second kappa shape index (κ2) is 3.04. The van der Waals surface area contributed by atoms with Gasteiger partial charge >= 0.3 is 0 Å². The zero-order chi connectivity index (χ0) is 7.61. The molecule has 0 fully saturated rings. The summed E-state index contributed by atoms with van der Waals surface area (Å²) >= 11 is 15.4. The molecule has 10 heavy (non-hydrogen) atoms. The van der Waals surface area contributed by atoms with Crippen molar-refractivity contribution in [1.82, 2.24) is 0 Å². The molecule has 0 saturated carbocycles. The van der Waals surface area contributed by atoms with Gasteiger partial charge in [0.2, 0.25) is 0 Å².